The molecule has 0 bridgehead atoms. The Kier molecular flexibility index (Phi) is 4.20. The molecule has 4 heteroatoms. The average molecular weight is 263 g/mol. The number of nitrogens with zero attached hydrogens (tertiary/aromatic N) is 1. The second kappa shape index (κ2) is 5.70. The fourth-order valence-electron chi connectivity index (χ4n) is 2.35. The number of halogens is 1. The molecule has 1 unspecified atom stereocenters. The molecule has 1 aromatic carbocycles. The van der Waals surface area contributed by atoms with Crippen LogP contribution in [0.5, 0.6) is 0 Å². The molecule has 0 aromatic heterocycles. The largest absolute Gasteiger partial charge is 0.389 e. The van der Waals surface area contributed by atoms with Crippen LogP contribution in [0.2, 0.25) is 0 Å². The number of hydrogen-bond acceptors (Lipinski definition) is 3. The summed E-state index contributed by atoms with van der Waals surface area (Å²) in [6.07, 6.45) is 0.742. The van der Waals surface area contributed by atoms with Crippen molar-refractivity contribution < 1.29 is 14.6 Å². The van der Waals surface area contributed by atoms with Crippen LogP contribution in [0.25, 0.3) is 0 Å². The fraction of sp³-hybridized carbons (Fsp3) is 0.467. The van der Waals surface area contributed by atoms with Crippen molar-refractivity contribution in [2.75, 3.05) is 19.7 Å². The van der Waals surface area contributed by atoms with Crippen molar-refractivity contribution in [3.05, 3.63) is 35.1 Å². The molecule has 0 amide bonds. The lowest BCUT2D eigenvalue weighted by molar-refractivity contribution is 0.0679. The number of aliphatic hydroxyl groups excluding tert-OH is 1. The second-order valence-corrected chi connectivity index (χ2v) is 5.22. The predicted molar refractivity (Wildman–Crippen MR) is 70.9 cm³/mol. The highest BCUT2D eigenvalue weighted by Gasteiger charge is 2.31. The van der Waals surface area contributed by atoms with Gasteiger partial charge < -0.3 is 10.2 Å². The lowest BCUT2D eigenvalue weighted by Gasteiger charge is -2.19. The van der Waals surface area contributed by atoms with E-state index >= 15 is 0 Å². The van der Waals surface area contributed by atoms with Crippen LogP contribution in [0.3, 0.4) is 0 Å². The van der Waals surface area contributed by atoms with Crippen molar-refractivity contribution in [2.24, 2.45) is 0 Å². The number of rotatable bonds is 2. The first kappa shape index (κ1) is 14.0. The topological polar surface area (TPSA) is 43.7 Å². The van der Waals surface area contributed by atoms with Gasteiger partial charge in [-0.3, -0.25) is 4.90 Å². The van der Waals surface area contributed by atoms with Gasteiger partial charge >= 0.3 is 0 Å². The molecule has 2 rings (SSSR count). The van der Waals surface area contributed by atoms with Gasteiger partial charge in [-0.25, -0.2) is 4.39 Å². The second-order valence-electron chi connectivity index (χ2n) is 5.22. The van der Waals surface area contributed by atoms with E-state index in [0.717, 1.165) is 18.5 Å². The minimum Gasteiger partial charge on any atom is -0.389 e. The molecule has 1 aromatic rings. The summed E-state index contributed by atoms with van der Waals surface area (Å²) < 4.78 is 13.2. The van der Waals surface area contributed by atoms with Crippen molar-refractivity contribution in [1.82, 2.24) is 4.90 Å². The Labute approximate surface area is 112 Å². The summed E-state index contributed by atoms with van der Waals surface area (Å²) in [6.45, 7) is 3.64. The summed E-state index contributed by atoms with van der Waals surface area (Å²) in [4.78, 5) is 2.12. The van der Waals surface area contributed by atoms with E-state index in [1.54, 1.807) is 6.07 Å². The quantitative estimate of drug-likeness (QED) is 0.786. The molecular weight excluding hydrogens is 245 g/mol. The predicted octanol–water partition coefficient (Wildman–Crippen LogP) is 1.13. The molecule has 0 spiro atoms. The zero-order valence-corrected chi connectivity index (χ0v) is 11.0. The van der Waals surface area contributed by atoms with Crippen molar-refractivity contribution in [3.63, 3.8) is 0 Å². The van der Waals surface area contributed by atoms with Crippen LogP contribution >= 0.6 is 0 Å². The van der Waals surface area contributed by atoms with E-state index in [9.17, 15) is 9.50 Å². The molecule has 1 saturated heterocycles. The van der Waals surface area contributed by atoms with E-state index in [1.165, 1.54) is 12.1 Å². The van der Waals surface area contributed by atoms with Crippen LogP contribution in [-0.2, 0) is 6.54 Å². The first-order chi connectivity index (χ1) is 9.00. The first-order valence-corrected chi connectivity index (χ1v) is 6.33. The Morgan fingerprint density at radius 2 is 2.26 bits per heavy atom. The zero-order valence-electron chi connectivity index (χ0n) is 11.0. The molecule has 0 saturated carbocycles. The Morgan fingerprint density at radius 3 is 2.89 bits per heavy atom. The highest BCUT2D eigenvalue weighted by Crippen LogP contribution is 2.23. The maximum absolute atomic E-state index is 13.2. The Morgan fingerprint density at radius 1 is 1.47 bits per heavy atom. The first-order valence-electron chi connectivity index (χ1n) is 6.33. The standard InChI is InChI=1S/C15H18FNO2/c1-15(19)6-7-17(11-15)10-13-4-5-14(16)9-12(13)3-2-8-18/h4-5,9,18-19H,6-8,10-11H2,1H3. The number of benzene rings is 1. The average Bonchev–Trinajstić information content (AvgIpc) is 2.69. The fourth-order valence-corrected chi connectivity index (χ4v) is 2.35. The molecular formula is C15H18FNO2. The van der Waals surface area contributed by atoms with Crippen LogP contribution in [-0.4, -0.2) is 40.4 Å². The normalized spacial score (nSPS) is 23.2. The van der Waals surface area contributed by atoms with Gasteiger partial charge in [-0.15, -0.1) is 0 Å². The number of likely N-dealkylation sites (tertiary alicyclic amines) is 1. The molecule has 1 heterocycles. The van der Waals surface area contributed by atoms with Crippen LogP contribution in [0.1, 0.15) is 24.5 Å². The minimum atomic E-state index is -0.642. The van der Waals surface area contributed by atoms with Crippen molar-refractivity contribution in [2.45, 2.75) is 25.5 Å². The molecule has 1 aliphatic heterocycles. The molecule has 2 N–H and O–H groups in total. The summed E-state index contributed by atoms with van der Waals surface area (Å²) in [5.74, 6) is 4.98. The van der Waals surface area contributed by atoms with Gasteiger partial charge in [0.05, 0.1) is 5.60 Å². The van der Waals surface area contributed by atoms with E-state index in [-0.39, 0.29) is 12.4 Å². The third-order valence-electron chi connectivity index (χ3n) is 3.30. The number of β-amino-alcohol motifs (C(OH)–C–C–N with tert-alkyl or cyclic N) is 1. The lowest BCUT2D eigenvalue weighted by Crippen LogP contribution is -2.29. The third-order valence-corrected chi connectivity index (χ3v) is 3.30. The molecule has 3 nitrogen and oxygen atoms in total. The zero-order chi connectivity index (χ0) is 13.9. The van der Waals surface area contributed by atoms with Crippen LogP contribution in [0.15, 0.2) is 18.2 Å². The molecule has 1 fully saturated rings. The van der Waals surface area contributed by atoms with E-state index in [2.05, 4.69) is 16.7 Å². The highest BCUT2D eigenvalue weighted by molar-refractivity contribution is 5.41. The Hall–Kier alpha value is -1.41. The maximum atomic E-state index is 13.2. The SMILES string of the molecule is CC1(O)CCN(Cc2ccc(F)cc2C#CCO)C1. The molecule has 19 heavy (non-hydrogen) atoms. The molecule has 1 atom stereocenters. The molecule has 0 aliphatic carbocycles. The van der Waals surface area contributed by atoms with Crippen LogP contribution in [0, 0.1) is 17.7 Å². The lowest BCUT2D eigenvalue weighted by atomic mass is 10.1. The number of aliphatic hydroxyl groups is 2. The summed E-state index contributed by atoms with van der Waals surface area (Å²) >= 11 is 0. The molecule has 102 valence electrons. The number of hydrogen-bond donors (Lipinski definition) is 2. The highest BCUT2D eigenvalue weighted by atomic mass is 19.1. The van der Waals surface area contributed by atoms with Crippen LogP contribution < -0.4 is 0 Å². The van der Waals surface area contributed by atoms with E-state index in [4.69, 9.17) is 5.11 Å². The van der Waals surface area contributed by atoms with Gasteiger partial charge in [-0.1, -0.05) is 17.9 Å². The Balaban J connectivity index is 2.16. The van der Waals surface area contributed by atoms with Gasteiger partial charge in [0.1, 0.15) is 12.4 Å². The van der Waals surface area contributed by atoms with Gasteiger partial charge in [0.25, 0.3) is 0 Å². The smallest absolute Gasteiger partial charge is 0.124 e. The van der Waals surface area contributed by atoms with Gasteiger partial charge in [-0.2, -0.15) is 0 Å². The van der Waals surface area contributed by atoms with Gasteiger partial charge in [0.2, 0.25) is 0 Å². The van der Waals surface area contributed by atoms with Gasteiger partial charge in [0.15, 0.2) is 0 Å². The summed E-state index contributed by atoms with van der Waals surface area (Å²) in [5, 5.41) is 18.7. The third kappa shape index (κ3) is 3.77. The van der Waals surface area contributed by atoms with Gasteiger partial charge in [0, 0.05) is 25.2 Å². The summed E-state index contributed by atoms with van der Waals surface area (Å²) in [5.41, 5.74) is 0.873. The van der Waals surface area contributed by atoms with Crippen molar-refractivity contribution >= 4 is 0 Å². The maximum Gasteiger partial charge on any atom is 0.124 e. The summed E-state index contributed by atoms with van der Waals surface area (Å²) in [7, 11) is 0. The monoisotopic (exact) mass is 263 g/mol. The van der Waals surface area contributed by atoms with Gasteiger partial charge in [-0.05, 0) is 31.0 Å². The van der Waals surface area contributed by atoms with E-state index < -0.39 is 5.60 Å². The van der Waals surface area contributed by atoms with E-state index in [1.807, 2.05) is 6.92 Å². The Bertz CT molecular complexity index is 517. The molecule has 0 radical (unpaired) electrons. The van der Waals surface area contributed by atoms with E-state index in [0.29, 0.717) is 18.7 Å². The summed E-state index contributed by atoms with van der Waals surface area (Å²) in [6, 6.07) is 4.50. The molecule has 1 aliphatic rings. The van der Waals surface area contributed by atoms with Crippen LogP contribution in [0.4, 0.5) is 4.39 Å². The minimum absolute atomic E-state index is 0.242. The van der Waals surface area contributed by atoms with Crippen molar-refractivity contribution in [3.8, 4) is 11.8 Å². The van der Waals surface area contributed by atoms with Crippen molar-refractivity contribution in [1.29, 1.82) is 0 Å².